The molecule has 1 saturated heterocycles. The highest BCUT2D eigenvalue weighted by atomic mass is 16.4. The Morgan fingerprint density at radius 1 is 1.54 bits per heavy atom. The first-order valence-electron chi connectivity index (χ1n) is 4.22. The van der Waals surface area contributed by atoms with E-state index >= 15 is 0 Å². The number of β-amino-alcohol motifs (C(OH)–C–C–N with tert-alkyl or cyclic N) is 1. The third-order valence-electron chi connectivity index (χ3n) is 2.22. The van der Waals surface area contributed by atoms with Crippen LogP contribution in [-0.4, -0.2) is 46.2 Å². The molecule has 1 amide bonds. The van der Waals surface area contributed by atoms with E-state index in [1.165, 1.54) is 11.8 Å². The summed E-state index contributed by atoms with van der Waals surface area (Å²) in [5.74, 6) is -2.54. The molecular formula is C8H13NO4. The second kappa shape index (κ2) is 3.74. The summed E-state index contributed by atoms with van der Waals surface area (Å²) in [4.78, 5) is 23.2. The molecule has 0 radical (unpaired) electrons. The average Bonchev–Trinajstić information content (AvgIpc) is 2.49. The maximum Gasteiger partial charge on any atom is 0.315 e. The molecule has 5 heteroatoms. The van der Waals surface area contributed by atoms with Gasteiger partial charge in [-0.25, -0.2) is 0 Å². The molecule has 2 unspecified atom stereocenters. The van der Waals surface area contributed by atoms with Crippen LogP contribution in [0.15, 0.2) is 0 Å². The van der Waals surface area contributed by atoms with Crippen LogP contribution in [0.5, 0.6) is 0 Å². The Bertz CT molecular complexity index is 228. The summed E-state index contributed by atoms with van der Waals surface area (Å²) in [6.45, 7) is 2.07. The van der Waals surface area contributed by atoms with Crippen molar-refractivity contribution in [2.75, 3.05) is 13.1 Å². The zero-order valence-corrected chi connectivity index (χ0v) is 7.43. The number of carbonyl (C=O) groups excluding carboxylic acids is 1. The summed E-state index contributed by atoms with van der Waals surface area (Å²) in [7, 11) is 0. The topological polar surface area (TPSA) is 77.8 Å². The second-order valence-electron chi connectivity index (χ2n) is 3.29. The monoisotopic (exact) mass is 187 g/mol. The fraction of sp³-hybridized carbons (Fsp3) is 0.750. The van der Waals surface area contributed by atoms with Gasteiger partial charge in [0.25, 0.3) is 0 Å². The van der Waals surface area contributed by atoms with Gasteiger partial charge in [0.15, 0.2) is 0 Å². The molecule has 0 saturated carbocycles. The maximum atomic E-state index is 11.4. The minimum absolute atomic E-state index is 0.260. The average molecular weight is 187 g/mol. The molecule has 13 heavy (non-hydrogen) atoms. The lowest BCUT2D eigenvalue weighted by Gasteiger charge is -2.17. The van der Waals surface area contributed by atoms with Gasteiger partial charge in [0.1, 0.15) is 5.92 Å². The molecule has 0 aromatic rings. The number of likely N-dealkylation sites (tertiary alicyclic amines) is 1. The summed E-state index contributed by atoms with van der Waals surface area (Å²) in [6, 6.07) is 0. The van der Waals surface area contributed by atoms with Crippen LogP contribution in [0.4, 0.5) is 0 Å². The summed E-state index contributed by atoms with van der Waals surface area (Å²) in [6.07, 6.45) is 0.0443. The quantitative estimate of drug-likeness (QED) is 0.560. The Kier molecular flexibility index (Phi) is 2.87. The summed E-state index contributed by atoms with van der Waals surface area (Å²) < 4.78 is 0. The maximum absolute atomic E-state index is 11.4. The van der Waals surface area contributed by atoms with Gasteiger partial charge in [-0.05, 0) is 13.3 Å². The zero-order chi connectivity index (χ0) is 10.0. The third kappa shape index (κ3) is 2.18. The van der Waals surface area contributed by atoms with Crippen molar-refractivity contribution in [1.82, 2.24) is 4.90 Å². The molecule has 1 rings (SSSR count). The minimum Gasteiger partial charge on any atom is -0.481 e. The molecule has 2 N–H and O–H groups in total. The van der Waals surface area contributed by atoms with Gasteiger partial charge >= 0.3 is 5.97 Å². The number of carboxylic acid groups (broad SMARTS) is 1. The van der Waals surface area contributed by atoms with Gasteiger partial charge < -0.3 is 15.1 Å². The van der Waals surface area contributed by atoms with Gasteiger partial charge in [0, 0.05) is 13.1 Å². The molecule has 1 aliphatic rings. The summed E-state index contributed by atoms with van der Waals surface area (Å²) in [5.41, 5.74) is 0. The first-order chi connectivity index (χ1) is 6.02. The Hall–Kier alpha value is -1.10. The Labute approximate surface area is 76.0 Å². The predicted molar refractivity (Wildman–Crippen MR) is 44.0 cm³/mol. The molecule has 5 nitrogen and oxygen atoms in total. The van der Waals surface area contributed by atoms with E-state index < -0.39 is 23.9 Å². The first kappa shape index (κ1) is 9.98. The largest absolute Gasteiger partial charge is 0.481 e. The first-order valence-corrected chi connectivity index (χ1v) is 4.22. The smallest absolute Gasteiger partial charge is 0.315 e. The molecule has 0 aromatic carbocycles. The number of rotatable bonds is 2. The van der Waals surface area contributed by atoms with Crippen LogP contribution in [0.2, 0.25) is 0 Å². The number of aliphatic carboxylic acids is 1. The number of amides is 1. The Morgan fingerprint density at radius 2 is 2.15 bits per heavy atom. The molecule has 0 spiro atoms. The number of carboxylic acids is 1. The molecule has 0 aromatic heterocycles. The van der Waals surface area contributed by atoms with Gasteiger partial charge in [-0.15, -0.1) is 0 Å². The van der Waals surface area contributed by atoms with Crippen LogP contribution in [0, 0.1) is 5.92 Å². The standard InChI is InChI=1S/C8H13NO4/c1-5(8(12)13)7(11)9-3-2-6(10)4-9/h5-6,10H,2-4H2,1H3,(H,12,13). The number of nitrogens with zero attached hydrogens (tertiary/aromatic N) is 1. The normalized spacial score (nSPS) is 24.5. The third-order valence-corrected chi connectivity index (χ3v) is 2.22. The highest BCUT2D eigenvalue weighted by Gasteiger charge is 2.30. The van der Waals surface area contributed by atoms with Gasteiger partial charge in [0.05, 0.1) is 6.10 Å². The van der Waals surface area contributed by atoms with Gasteiger partial charge in [0.2, 0.25) is 5.91 Å². The highest BCUT2D eigenvalue weighted by Crippen LogP contribution is 2.12. The molecular weight excluding hydrogens is 174 g/mol. The van der Waals surface area contributed by atoms with Crippen molar-refractivity contribution in [1.29, 1.82) is 0 Å². The van der Waals surface area contributed by atoms with E-state index in [9.17, 15) is 9.59 Å². The van der Waals surface area contributed by atoms with E-state index in [0.717, 1.165) is 0 Å². The van der Waals surface area contributed by atoms with Crippen LogP contribution in [0.25, 0.3) is 0 Å². The SMILES string of the molecule is CC(C(=O)O)C(=O)N1CCC(O)C1. The molecule has 74 valence electrons. The second-order valence-corrected chi connectivity index (χ2v) is 3.29. The molecule has 2 atom stereocenters. The van der Waals surface area contributed by atoms with E-state index in [-0.39, 0.29) is 6.54 Å². The van der Waals surface area contributed by atoms with E-state index in [1.54, 1.807) is 0 Å². The van der Waals surface area contributed by atoms with Crippen molar-refractivity contribution in [3.63, 3.8) is 0 Å². The minimum atomic E-state index is -1.12. The van der Waals surface area contributed by atoms with Crippen LogP contribution >= 0.6 is 0 Å². The van der Waals surface area contributed by atoms with E-state index in [4.69, 9.17) is 10.2 Å². The van der Waals surface area contributed by atoms with Gasteiger partial charge in [-0.2, -0.15) is 0 Å². The van der Waals surface area contributed by atoms with Crippen molar-refractivity contribution >= 4 is 11.9 Å². The van der Waals surface area contributed by atoms with Crippen LogP contribution in [0.1, 0.15) is 13.3 Å². The van der Waals surface area contributed by atoms with Crippen molar-refractivity contribution in [3.05, 3.63) is 0 Å². The van der Waals surface area contributed by atoms with Crippen molar-refractivity contribution in [3.8, 4) is 0 Å². The fourth-order valence-corrected chi connectivity index (χ4v) is 1.32. The molecule has 1 fully saturated rings. The molecule has 0 bridgehead atoms. The van der Waals surface area contributed by atoms with Gasteiger partial charge in [-0.1, -0.05) is 0 Å². The number of hydrogen-bond acceptors (Lipinski definition) is 3. The van der Waals surface area contributed by atoms with Crippen molar-refractivity contribution < 1.29 is 19.8 Å². The predicted octanol–water partition coefficient (Wildman–Crippen LogP) is -0.700. The molecule has 0 aliphatic carbocycles. The van der Waals surface area contributed by atoms with Crippen LogP contribution in [-0.2, 0) is 9.59 Å². The van der Waals surface area contributed by atoms with Gasteiger partial charge in [-0.3, -0.25) is 9.59 Å². The van der Waals surface area contributed by atoms with Crippen molar-refractivity contribution in [2.45, 2.75) is 19.4 Å². The van der Waals surface area contributed by atoms with E-state index in [2.05, 4.69) is 0 Å². The summed E-state index contributed by atoms with van der Waals surface area (Å²) in [5, 5.41) is 17.7. The van der Waals surface area contributed by atoms with Crippen LogP contribution < -0.4 is 0 Å². The molecule has 1 aliphatic heterocycles. The van der Waals surface area contributed by atoms with E-state index in [1.807, 2.05) is 0 Å². The zero-order valence-electron chi connectivity index (χ0n) is 7.43. The van der Waals surface area contributed by atoms with Crippen molar-refractivity contribution in [2.24, 2.45) is 5.92 Å². The molecule has 1 heterocycles. The van der Waals surface area contributed by atoms with E-state index in [0.29, 0.717) is 13.0 Å². The Morgan fingerprint density at radius 3 is 2.54 bits per heavy atom. The lowest BCUT2D eigenvalue weighted by Crippen LogP contribution is -2.37. The number of hydrogen-bond donors (Lipinski definition) is 2. The lowest BCUT2D eigenvalue weighted by molar-refractivity contribution is -0.149. The fourth-order valence-electron chi connectivity index (χ4n) is 1.32. The summed E-state index contributed by atoms with van der Waals surface area (Å²) >= 11 is 0. The number of aliphatic hydroxyl groups is 1. The Balaban J connectivity index is 2.53. The van der Waals surface area contributed by atoms with Crippen LogP contribution in [0.3, 0.4) is 0 Å². The highest BCUT2D eigenvalue weighted by molar-refractivity contribution is 5.96. The number of aliphatic hydroxyl groups excluding tert-OH is 1. The number of carbonyl (C=O) groups is 2. The lowest BCUT2D eigenvalue weighted by atomic mass is 10.1.